The largest absolute Gasteiger partial charge is 0.310 e. The van der Waals surface area contributed by atoms with Crippen LogP contribution in [0.2, 0.25) is 0 Å². The minimum atomic E-state index is -0.0817. The molecule has 1 heteroatoms. The minimum absolute atomic E-state index is 0.0817. The lowest BCUT2D eigenvalue weighted by Crippen LogP contribution is -2.16. The summed E-state index contributed by atoms with van der Waals surface area (Å²) in [5, 5.41) is 0. The van der Waals surface area contributed by atoms with Crippen LogP contribution in [0.4, 0.5) is 17.1 Å². The molecule has 0 fully saturated rings. The second kappa shape index (κ2) is 12.3. The van der Waals surface area contributed by atoms with Crippen LogP contribution in [-0.2, 0) is 18.3 Å². The van der Waals surface area contributed by atoms with E-state index in [1.165, 1.54) is 86.9 Å². The summed E-state index contributed by atoms with van der Waals surface area (Å²) in [6.45, 7) is 4.71. The fraction of sp³-hybridized carbons (Fsp3) is 0.143. The summed E-state index contributed by atoms with van der Waals surface area (Å²) >= 11 is 0. The maximum absolute atomic E-state index is 2.44. The van der Waals surface area contributed by atoms with E-state index in [2.05, 4.69) is 183 Å². The standard InChI is InChI=1S/C49H41N/c1-49(2)46-21-10-8-19-44(46)45-32-31-40(33-47(45)49)50(48-22-11-9-18-43(48)37-13-4-3-5-14-37)39-29-27-35(28-30-39)34-23-25-38(26-24-34)42-20-12-16-36-15-6-7-17-41(36)42/h3-5,8-14,16,18-33H,6-7,15,17H2,1-2H3. The first-order chi connectivity index (χ1) is 24.6. The molecule has 0 radical (unpaired) electrons. The van der Waals surface area contributed by atoms with Crippen LogP contribution < -0.4 is 4.90 Å². The third-order valence-electron chi connectivity index (χ3n) is 11.1. The Bertz CT molecular complexity index is 2330. The van der Waals surface area contributed by atoms with Crippen LogP contribution in [0.1, 0.15) is 48.9 Å². The highest BCUT2D eigenvalue weighted by Crippen LogP contribution is 2.51. The van der Waals surface area contributed by atoms with Gasteiger partial charge in [0.05, 0.1) is 5.69 Å². The SMILES string of the molecule is CC1(C)c2ccccc2-c2ccc(N(c3ccc(-c4ccc(-c5cccc6c5CCCC6)cc4)cc3)c3ccccc3-c3ccccc3)cc21. The fourth-order valence-corrected chi connectivity index (χ4v) is 8.49. The fourth-order valence-electron chi connectivity index (χ4n) is 8.49. The maximum Gasteiger partial charge on any atom is 0.0540 e. The van der Waals surface area contributed by atoms with E-state index in [0.717, 1.165) is 17.1 Å². The molecule has 0 heterocycles. The van der Waals surface area contributed by atoms with Gasteiger partial charge in [0.1, 0.15) is 0 Å². The predicted molar refractivity (Wildman–Crippen MR) is 212 cm³/mol. The van der Waals surface area contributed by atoms with E-state index in [9.17, 15) is 0 Å². The molecule has 0 bridgehead atoms. The lowest BCUT2D eigenvalue weighted by Gasteiger charge is -2.30. The van der Waals surface area contributed by atoms with Gasteiger partial charge >= 0.3 is 0 Å². The van der Waals surface area contributed by atoms with Gasteiger partial charge in [0.25, 0.3) is 0 Å². The summed E-state index contributed by atoms with van der Waals surface area (Å²) in [4.78, 5) is 2.44. The van der Waals surface area contributed by atoms with Crippen molar-refractivity contribution in [2.75, 3.05) is 4.90 Å². The number of nitrogens with zero attached hydrogens (tertiary/aromatic N) is 1. The molecule has 0 saturated carbocycles. The van der Waals surface area contributed by atoms with E-state index < -0.39 is 0 Å². The van der Waals surface area contributed by atoms with Crippen molar-refractivity contribution < 1.29 is 0 Å². The van der Waals surface area contributed by atoms with Gasteiger partial charge in [-0.25, -0.2) is 0 Å². The molecule has 7 aromatic rings. The number of rotatable bonds is 6. The molecule has 0 amide bonds. The summed E-state index contributed by atoms with van der Waals surface area (Å²) in [5.74, 6) is 0. The average Bonchev–Trinajstić information content (AvgIpc) is 3.41. The molecule has 2 aliphatic rings. The van der Waals surface area contributed by atoms with Crippen molar-refractivity contribution in [1.82, 2.24) is 0 Å². The molecule has 50 heavy (non-hydrogen) atoms. The van der Waals surface area contributed by atoms with E-state index in [0.29, 0.717) is 0 Å². The Labute approximate surface area is 296 Å². The first-order valence-corrected chi connectivity index (χ1v) is 18.1. The smallest absolute Gasteiger partial charge is 0.0540 e. The third-order valence-corrected chi connectivity index (χ3v) is 11.1. The lowest BCUT2D eigenvalue weighted by atomic mass is 9.82. The molecule has 0 spiro atoms. The topological polar surface area (TPSA) is 3.24 Å². The van der Waals surface area contributed by atoms with E-state index in [1.807, 2.05) is 0 Å². The Kier molecular flexibility index (Phi) is 7.50. The van der Waals surface area contributed by atoms with Gasteiger partial charge < -0.3 is 4.90 Å². The lowest BCUT2D eigenvalue weighted by molar-refractivity contribution is 0.660. The molecule has 2 aliphatic carbocycles. The van der Waals surface area contributed by atoms with Crippen molar-refractivity contribution >= 4 is 17.1 Å². The van der Waals surface area contributed by atoms with Crippen LogP contribution in [0.5, 0.6) is 0 Å². The van der Waals surface area contributed by atoms with Gasteiger partial charge in [0.15, 0.2) is 0 Å². The molecule has 242 valence electrons. The predicted octanol–water partition coefficient (Wildman–Crippen LogP) is 13.3. The Balaban J connectivity index is 1.12. The third kappa shape index (κ3) is 5.17. The second-order valence-electron chi connectivity index (χ2n) is 14.4. The maximum atomic E-state index is 2.44. The molecular weight excluding hydrogens is 603 g/mol. The van der Waals surface area contributed by atoms with Crippen LogP contribution in [0.25, 0.3) is 44.5 Å². The number of fused-ring (bicyclic) bond motifs is 4. The molecule has 9 rings (SSSR count). The van der Waals surface area contributed by atoms with Crippen LogP contribution in [-0.4, -0.2) is 0 Å². The molecule has 7 aromatic carbocycles. The quantitative estimate of drug-likeness (QED) is 0.174. The van der Waals surface area contributed by atoms with Gasteiger partial charge in [0.2, 0.25) is 0 Å². The summed E-state index contributed by atoms with van der Waals surface area (Å²) in [6.07, 6.45) is 4.99. The number of hydrogen-bond donors (Lipinski definition) is 0. The highest BCUT2D eigenvalue weighted by Gasteiger charge is 2.35. The molecule has 0 unspecified atom stereocenters. The minimum Gasteiger partial charge on any atom is -0.310 e. The summed E-state index contributed by atoms with van der Waals surface area (Å²) in [5.41, 5.74) is 19.5. The van der Waals surface area contributed by atoms with E-state index in [-0.39, 0.29) is 5.41 Å². The Hall–Kier alpha value is -5.66. The summed E-state index contributed by atoms with van der Waals surface area (Å²) < 4.78 is 0. The number of anilines is 3. The molecule has 0 aliphatic heterocycles. The Morgan fingerprint density at radius 1 is 0.420 bits per heavy atom. The number of hydrogen-bond acceptors (Lipinski definition) is 1. The van der Waals surface area contributed by atoms with Gasteiger partial charge in [-0.1, -0.05) is 147 Å². The monoisotopic (exact) mass is 643 g/mol. The first-order valence-electron chi connectivity index (χ1n) is 18.1. The van der Waals surface area contributed by atoms with Crippen LogP contribution in [0.15, 0.2) is 164 Å². The molecule has 1 nitrogen and oxygen atoms in total. The molecule has 0 atom stereocenters. The van der Waals surface area contributed by atoms with Crippen molar-refractivity contribution in [1.29, 1.82) is 0 Å². The van der Waals surface area contributed by atoms with Crippen molar-refractivity contribution in [3.05, 3.63) is 186 Å². The number of aryl methyl sites for hydroxylation is 1. The zero-order valence-corrected chi connectivity index (χ0v) is 28.9. The van der Waals surface area contributed by atoms with Gasteiger partial charge in [-0.3, -0.25) is 0 Å². The molecule has 0 N–H and O–H groups in total. The number of para-hydroxylation sites is 1. The van der Waals surface area contributed by atoms with E-state index in [4.69, 9.17) is 0 Å². The zero-order chi connectivity index (χ0) is 33.7. The van der Waals surface area contributed by atoms with Gasteiger partial charge in [-0.2, -0.15) is 0 Å². The van der Waals surface area contributed by atoms with Gasteiger partial charge in [-0.15, -0.1) is 0 Å². The van der Waals surface area contributed by atoms with Crippen LogP contribution in [0.3, 0.4) is 0 Å². The normalized spacial score (nSPS) is 14.0. The molecule has 0 aromatic heterocycles. The zero-order valence-electron chi connectivity index (χ0n) is 28.9. The highest BCUT2D eigenvalue weighted by molar-refractivity contribution is 5.91. The van der Waals surface area contributed by atoms with Gasteiger partial charge in [-0.05, 0) is 117 Å². The number of benzene rings is 7. The first kappa shape index (κ1) is 30.4. The highest BCUT2D eigenvalue weighted by atomic mass is 15.1. The average molecular weight is 644 g/mol. The second-order valence-corrected chi connectivity index (χ2v) is 14.4. The molecular formula is C49H41N. The summed E-state index contributed by atoms with van der Waals surface area (Å²) in [6, 6.07) is 60.6. The van der Waals surface area contributed by atoms with Gasteiger partial charge in [0, 0.05) is 22.4 Å². The van der Waals surface area contributed by atoms with Crippen molar-refractivity contribution in [2.24, 2.45) is 0 Å². The van der Waals surface area contributed by atoms with Crippen LogP contribution >= 0.6 is 0 Å². The van der Waals surface area contributed by atoms with Crippen molar-refractivity contribution in [2.45, 2.75) is 44.9 Å². The van der Waals surface area contributed by atoms with E-state index >= 15 is 0 Å². The Morgan fingerprint density at radius 3 is 1.80 bits per heavy atom. The van der Waals surface area contributed by atoms with Crippen LogP contribution in [0, 0.1) is 0 Å². The van der Waals surface area contributed by atoms with E-state index in [1.54, 1.807) is 5.56 Å². The van der Waals surface area contributed by atoms with Crippen molar-refractivity contribution in [3.63, 3.8) is 0 Å². The summed E-state index contributed by atoms with van der Waals surface area (Å²) in [7, 11) is 0. The molecule has 0 saturated heterocycles. The Morgan fingerprint density at radius 2 is 1.00 bits per heavy atom. The van der Waals surface area contributed by atoms with Crippen molar-refractivity contribution in [3.8, 4) is 44.5 Å².